The third-order valence-electron chi connectivity index (χ3n) is 5.49. The van der Waals surface area contributed by atoms with Crippen molar-refractivity contribution in [3.8, 4) is 17.6 Å². The fourth-order valence-corrected chi connectivity index (χ4v) is 3.77. The zero-order valence-corrected chi connectivity index (χ0v) is 14.7. The van der Waals surface area contributed by atoms with Gasteiger partial charge in [-0.25, -0.2) is 4.39 Å². The van der Waals surface area contributed by atoms with Gasteiger partial charge in [-0.3, -0.25) is 0 Å². The van der Waals surface area contributed by atoms with E-state index in [0.29, 0.717) is 29.8 Å². The van der Waals surface area contributed by atoms with Gasteiger partial charge >= 0.3 is 0 Å². The minimum absolute atomic E-state index is 0.0644. The van der Waals surface area contributed by atoms with Gasteiger partial charge in [0.25, 0.3) is 0 Å². The van der Waals surface area contributed by atoms with Crippen LogP contribution in [-0.4, -0.2) is 12.9 Å². The summed E-state index contributed by atoms with van der Waals surface area (Å²) in [4.78, 5) is 0. The van der Waals surface area contributed by atoms with Gasteiger partial charge in [0.2, 0.25) is 0 Å². The molecular weight excluding hydrogens is 333 g/mol. The maximum absolute atomic E-state index is 14.1. The number of ether oxygens (including phenoxy) is 3. The number of halogens is 1. The van der Waals surface area contributed by atoms with Crippen LogP contribution >= 0.6 is 0 Å². The summed E-state index contributed by atoms with van der Waals surface area (Å²) in [6, 6.07) is 15.5. The van der Waals surface area contributed by atoms with Crippen molar-refractivity contribution in [1.82, 2.24) is 0 Å². The molecule has 1 aliphatic heterocycles. The Morgan fingerprint density at radius 3 is 2.65 bits per heavy atom. The van der Waals surface area contributed by atoms with E-state index in [1.165, 1.54) is 12.1 Å². The third-order valence-corrected chi connectivity index (χ3v) is 5.49. The molecule has 0 unspecified atom stereocenters. The first kappa shape index (κ1) is 17.0. The molecule has 2 fully saturated rings. The molecule has 2 aromatic rings. The second kappa shape index (κ2) is 6.39. The first-order valence-electron chi connectivity index (χ1n) is 8.69. The van der Waals surface area contributed by atoms with Crippen LogP contribution in [0, 0.1) is 34.4 Å². The van der Waals surface area contributed by atoms with Crippen molar-refractivity contribution >= 4 is 0 Å². The topological polar surface area (TPSA) is 51.5 Å². The molecule has 0 spiro atoms. The number of nitriles is 1. The van der Waals surface area contributed by atoms with Crippen LogP contribution in [0.3, 0.4) is 0 Å². The average molecular weight is 353 g/mol. The van der Waals surface area contributed by atoms with Crippen molar-refractivity contribution in [2.24, 2.45) is 17.3 Å². The van der Waals surface area contributed by atoms with Gasteiger partial charge in [-0.1, -0.05) is 38.1 Å². The first-order chi connectivity index (χ1) is 12.5. The summed E-state index contributed by atoms with van der Waals surface area (Å²) >= 11 is 0. The van der Waals surface area contributed by atoms with Gasteiger partial charge < -0.3 is 14.2 Å². The first-order valence-corrected chi connectivity index (χ1v) is 8.69. The van der Waals surface area contributed by atoms with Gasteiger partial charge in [-0.15, -0.1) is 0 Å². The molecule has 4 rings (SSSR count). The van der Waals surface area contributed by atoms with Crippen molar-refractivity contribution in [2.45, 2.75) is 26.2 Å². The highest BCUT2D eigenvalue weighted by Crippen LogP contribution is 2.64. The van der Waals surface area contributed by atoms with Crippen molar-refractivity contribution in [3.05, 3.63) is 59.9 Å². The highest BCUT2D eigenvalue weighted by atomic mass is 19.1. The molecule has 134 valence electrons. The number of hydrogen-bond acceptors (Lipinski definition) is 4. The lowest BCUT2D eigenvalue weighted by Crippen LogP contribution is -2.22. The molecule has 1 saturated heterocycles. The van der Waals surface area contributed by atoms with Crippen molar-refractivity contribution in [3.63, 3.8) is 0 Å². The Hall–Kier alpha value is -2.42. The monoisotopic (exact) mass is 353 g/mol. The smallest absolute Gasteiger partial charge is 0.172 e. The van der Waals surface area contributed by atoms with E-state index in [1.54, 1.807) is 18.2 Å². The van der Waals surface area contributed by atoms with E-state index in [1.807, 2.05) is 18.2 Å². The Morgan fingerprint density at radius 2 is 2.00 bits per heavy atom. The van der Waals surface area contributed by atoms with Crippen molar-refractivity contribution in [1.29, 1.82) is 5.26 Å². The largest absolute Gasteiger partial charge is 0.454 e. The SMILES string of the molecule is CC1(C)[C@@H]2[C@@H](O[C@H](C#N)c3ccc(F)c(Oc4ccccc4)c3)OC[C@@H]21. The molecule has 1 saturated carbocycles. The van der Waals surface area contributed by atoms with E-state index in [-0.39, 0.29) is 11.2 Å². The van der Waals surface area contributed by atoms with Gasteiger partial charge in [0, 0.05) is 5.92 Å². The lowest BCUT2D eigenvalue weighted by atomic mass is 10.1. The summed E-state index contributed by atoms with van der Waals surface area (Å²) in [7, 11) is 0. The molecule has 1 heterocycles. The van der Waals surface area contributed by atoms with Crippen molar-refractivity contribution in [2.75, 3.05) is 6.61 Å². The number of hydrogen-bond donors (Lipinski definition) is 0. The van der Waals surface area contributed by atoms with Gasteiger partial charge in [0.1, 0.15) is 5.75 Å². The molecule has 4 nitrogen and oxygen atoms in total. The van der Waals surface area contributed by atoms with E-state index in [4.69, 9.17) is 14.2 Å². The van der Waals surface area contributed by atoms with E-state index in [2.05, 4.69) is 19.9 Å². The minimum atomic E-state index is -0.839. The lowest BCUT2D eigenvalue weighted by molar-refractivity contribution is -0.158. The highest BCUT2D eigenvalue weighted by molar-refractivity contribution is 5.37. The summed E-state index contributed by atoms with van der Waals surface area (Å²) in [5.74, 6) is 0.889. The molecule has 5 heteroatoms. The van der Waals surface area contributed by atoms with Crippen LogP contribution in [-0.2, 0) is 9.47 Å². The number of rotatable bonds is 5. The number of para-hydroxylation sites is 1. The van der Waals surface area contributed by atoms with Crippen LogP contribution in [0.1, 0.15) is 25.5 Å². The Morgan fingerprint density at radius 1 is 1.23 bits per heavy atom. The van der Waals surface area contributed by atoms with Crippen LogP contribution < -0.4 is 4.74 Å². The Balaban J connectivity index is 1.52. The molecular formula is C21H20FNO3. The zero-order chi connectivity index (χ0) is 18.3. The molecule has 2 aliphatic rings. The quantitative estimate of drug-likeness (QED) is 0.773. The van der Waals surface area contributed by atoms with Gasteiger partial charge in [0.15, 0.2) is 24.0 Å². The van der Waals surface area contributed by atoms with Crippen LogP contribution in [0.25, 0.3) is 0 Å². The van der Waals surface area contributed by atoms with Gasteiger partial charge in [0.05, 0.1) is 12.7 Å². The predicted molar refractivity (Wildman–Crippen MR) is 92.9 cm³/mol. The summed E-state index contributed by atoms with van der Waals surface area (Å²) < 4.78 is 31.3. The number of fused-ring (bicyclic) bond motifs is 1. The van der Waals surface area contributed by atoms with E-state index in [0.717, 1.165) is 0 Å². The van der Waals surface area contributed by atoms with E-state index < -0.39 is 18.2 Å². The van der Waals surface area contributed by atoms with Crippen LogP contribution in [0.4, 0.5) is 4.39 Å². The molecule has 0 bridgehead atoms. The summed E-state index contributed by atoms with van der Waals surface area (Å²) in [5.41, 5.74) is 0.734. The Kier molecular flexibility index (Phi) is 4.18. The van der Waals surface area contributed by atoms with E-state index >= 15 is 0 Å². The fraction of sp³-hybridized carbons (Fsp3) is 0.381. The van der Waals surface area contributed by atoms with Crippen LogP contribution in [0.5, 0.6) is 11.5 Å². The van der Waals surface area contributed by atoms with Crippen molar-refractivity contribution < 1.29 is 18.6 Å². The third kappa shape index (κ3) is 2.96. The normalized spacial score (nSPS) is 26.6. The summed E-state index contributed by atoms with van der Waals surface area (Å²) in [6.45, 7) is 5.03. The standard InChI is InChI=1S/C21H20FNO3/c1-21(2)15-12-24-20(19(15)21)26-18(11-23)13-8-9-16(22)17(10-13)25-14-6-4-3-5-7-14/h3-10,15,18-20H,12H2,1-2H3/t15-,18+,19-,20+/m0/s1. The molecule has 0 radical (unpaired) electrons. The number of nitrogens with zero attached hydrogens (tertiary/aromatic N) is 1. The highest BCUT2D eigenvalue weighted by Gasteiger charge is 2.66. The Labute approximate surface area is 152 Å². The fourth-order valence-electron chi connectivity index (χ4n) is 3.77. The summed E-state index contributed by atoms with van der Waals surface area (Å²) in [6.07, 6.45) is -1.24. The molecule has 0 aromatic heterocycles. The molecule has 1 aliphatic carbocycles. The van der Waals surface area contributed by atoms with Gasteiger partial charge in [-0.2, -0.15) is 5.26 Å². The zero-order valence-electron chi connectivity index (χ0n) is 14.7. The summed E-state index contributed by atoms with van der Waals surface area (Å²) in [5, 5.41) is 9.55. The van der Waals surface area contributed by atoms with Crippen LogP contribution in [0.2, 0.25) is 0 Å². The number of benzene rings is 2. The molecule has 4 atom stereocenters. The predicted octanol–water partition coefficient (Wildman–Crippen LogP) is 4.83. The lowest BCUT2D eigenvalue weighted by Gasteiger charge is -2.22. The Bertz CT molecular complexity index is 846. The molecule has 26 heavy (non-hydrogen) atoms. The second-order valence-corrected chi connectivity index (χ2v) is 7.41. The van der Waals surface area contributed by atoms with Crippen LogP contribution in [0.15, 0.2) is 48.5 Å². The average Bonchev–Trinajstić information content (AvgIpc) is 2.97. The molecule has 0 amide bonds. The second-order valence-electron chi connectivity index (χ2n) is 7.41. The molecule has 2 aromatic carbocycles. The van der Waals surface area contributed by atoms with Gasteiger partial charge in [-0.05, 0) is 41.2 Å². The van der Waals surface area contributed by atoms with E-state index in [9.17, 15) is 9.65 Å². The minimum Gasteiger partial charge on any atom is -0.454 e. The molecule has 0 N–H and O–H groups in total. The maximum Gasteiger partial charge on any atom is 0.172 e. The maximum atomic E-state index is 14.1.